The molecule has 0 spiro atoms. The first kappa shape index (κ1) is 14.1. The van der Waals surface area contributed by atoms with Crippen molar-refractivity contribution in [1.82, 2.24) is 5.32 Å². The summed E-state index contributed by atoms with van der Waals surface area (Å²) in [6.07, 6.45) is 2.14. The van der Waals surface area contributed by atoms with Crippen LogP contribution in [0.4, 0.5) is 10.1 Å². The van der Waals surface area contributed by atoms with Crippen molar-refractivity contribution in [2.24, 2.45) is 0 Å². The monoisotopic (exact) mass is 266 g/mol. The molecule has 19 heavy (non-hydrogen) atoms. The van der Waals surface area contributed by atoms with Crippen LogP contribution in [-0.2, 0) is 0 Å². The van der Waals surface area contributed by atoms with Gasteiger partial charge >= 0.3 is 0 Å². The first-order valence-corrected chi connectivity index (χ1v) is 7.16. The van der Waals surface area contributed by atoms with Gasteiger partial charge in [-0.15, -0.1) is 0 Å². The van der Waals surface area contributed by atoms with Crippen LogP contribution in [0.15, 0.2) is 18.2 Å². The average molecular weight is 266 g/mol. The summed E-state index contributed by atoms with van der Waals surface area (Å²) < 4.78 is 19.5. The predicted molar refractivity (Wildman–Crippen MR) is 76.5 cm³/mol. The van der Waals surface area contributed by atoms with Gasteiger partial charge in [-0.2, -0.15) is 0 Å². The van der Waals surface area contributed by atoms with Gasteiger partial charge < -0.3 is 15.0 Å². The molecule has 3 nitrogen and oxygen atoms in total. The number of hydrogen-bond donors (Lipinski definition) is 1. The zero-order valence-corrected chi connectivity index (χ0v) is 11.8. The molecule has 1 heterocycles. The van der Waals surface area contributed by atoms with Gasteiger partial charge in [0.05, 0.1) is 11.8 Å². The second-order valence-electron chi connectivity index (χ2n) is 4.91. The van der Waals surface area contributed by atoms with Gasteiger partial charge in [-0.3, -0.25) is 0 Å². The summed E-state index contributed by atoms with van der Waals surface area (Å²) >= 11 is 0. The Morgan fingerprint density at radius 2 is 1.95 bits per heavy atom. The number of halogens is 1. The Kier molecular flexibility index (Phi) is 5.02. The molecular formula is C15H23FN2O. The van der Waals surface area contributed by atoms with Gasteiger partial charge in [0.2, 0.25) is 0 Å². The maximum absolute atomic E-state index is 13.5. The highest BCUT2D eigenvalue weighted by atomic mass is 19.1. The van der Waals surface area contributed by atoms with Crippen molar-refractivity contribution < 1.29 is 9.13 Å². The number of ether oxygens (including phenoxy) is 1. The molecule has 1 aliphatic heterocycles. The van der Waals surface area contributed by atoms with Crippen LogP contribution in [0.2, 0.25) is 0 Å². The minimum Gasteiger partial charge on any atom is -0.488 e. The van der Waals surface area contributed by atoms with Crippen molar-refractivity contribution >= 4 is 5.69 Å². The Balaban J connectivity index is 2.21. The van der Waals surface area contributed by atoms with Crippen molar-refractivity contribution in [1.29, 1.82) is 0 Å². The summed E-state index contributed by atoms with van der Waals surface area (Å²) in [7, 11) is 0. The number of nitrogens with one attached hydrogen (secondary N) is 1. The second kappa shape index (κ2) is 6.75. The van der Waals surface area contributed by atoms with Crippen LogP contribution in [0.3, 0.4) is 0 Å². The Morgan fingerprint density at radius 1 is 1.26 bits per heavy atom. The Hall–Kier alpha value is -1.29. The van der Waals surface area contributed by atoms with Gasteiger partial charge in [0, 0.05) is 32.2 Å². The van der Waals surface area contributed by atoms with Crippen molar-refractivity contribution in [3.8, 4) is 5.75 Å². The van der Waals surface area contributed by atoms with E-state index in [0.29, 0.717) is 0 Å². The summed E-state index contributed by atoms with van der Waals surface area (Å²) in [6.45, 7) is 7.87. The molecule has 0 unspecified atom stereocenters. The van der Waals surface area contributed by atoms with Crippen molar-refractivity contribution in [2.45, 2.75) is 32.8 Å². The first-order chi connectivity index (χ1) is 9.24. The molecule has 4 heteroatoms. The Morgan fingerprint density at radius 3 is 2.58 bits per heavy atom. The van der Waals surface area contributed by atoms with Crippen LogP contribution < -0.4 is 15.0 Å². The molecule has 1 aromatic rings. The van der Waals surface area contributed by atoms with E-state index in [4.69, 9.17) is 4.74 Å². The molecule has 0 saturated carbocycles. The smallest absolute Gasteiger partial charge is 0.143 e. The molecule has 106 valence electrons. The predicted octanol–water partition coefficient (Wildman–Crippen LogP) is 2.80. The van der Waals surface area contributed by atoms with E-state index in [1.165, 1.54) is 6.07 Å². The molecule has 0 radical (unpaired) electrons. The van der Waals surface area contributed by atoms with Gasteiger partial charge in [0.1, 0.15) is 11.6 Å². The van der Waals surface area contributed by atoms with Crippen LogP contribution in [0.5, 0.6) is 5.75 Å². The van der Waals surface area contributed by atoms with Crippen LogP contribution in [0.1, 0.15) is 26.7 Å². The Labute approximate surface area is 114 Å². The molecule has 0 bridgehead atoms. The number of piperazine rings is 1. The molecule has 1 fully saturated rings. The third kappa shape index (κ3) is 3.60. The van der Waals surface area contributed by atoms with Gasteiger partial charge in [0.15, 0.2) is 0 Å². The summed E-state index contributed by atoms with van der Waals surface area (Å²) in [4.78, 5) is 2.19. The molecule has 0 aliphatic carbocycles. The molecule has 1 saturated heterocycles. The SMILES string of the molecule is CCC(CC)Oc1ccc(F)cc1N1CCNCC1. The van der Waals surface area contributed by atoms with E-state index in [2.05, 4.69) is 24.1 Å². The lowest BCUT2D eigenvalue weighted by molar-refractivity contribution is 0.193. The zero-order valence-electron chi connectivity index (χ0n) is 11.8. The van der Waals surface area contributed by atoms with Crippen molar-refractivity contribution in [3.05, 3.63) is 24.0 Å². The molecule has 2 rings (SSSR count). The second-order valence-corrected chi connectivity index (χ2v) is 4.91. The average Bonchev–Trinajstić information content (AvgIpc) is 2.47. The third-order valence-electron chi connectivity index (χ3n) is 3.58. The molecule has 1 N–H and O–H groups in total. The lowest BCUT2D eigenvalue weighted by Gasteiger charge is -2.31. The summed E-state index contributed by atoms with van der Waals surface area (Å²) in [5, 5.41) is 3.31. The summed E-state index contributed by atoms with van der Waals surface area (Å²) in [5.41, 5.74) is 0.883. The van der Waals surface area contributed by atoms with Gasteiger partial charge in [-0.05, 0) is 25.0 Å². The Bertz CT molecular complexity index is 401. The number of anilines is 1. The molecule has 1 aromatic carbocycles. The fraction of sp³-hybridized carbons (Fsp3) is 0.600. The normalized spacial score (nSPS) is 15.9. The highest BCUT2D eigenvalue weighted by Crippen LogP contribution is 2.31. The van der Waals surface area contributed by atoms with Gasteiger partial charge in [0.25, 0.3) is 0 Å². The molecule has 0 atom stereocenters. The third-order valence-corrected chi connectivity index (χ3v) is 3.58. The van der Waals surface area contributed by atoms with E-state index < -0.39 is 0 Å². The summed E-state index contributed by atoms with van der Waals surface area (Å²) in [5.74, 6) is 0.599. The maximum atomic E-state index is 13.5. The summed E-state index contributed by atoms with van der Waals surface area (Å²) in [6, 6.07) is 4.82. The van der Waals surface area contributed by atoms with Crippen LogP contribution in [0, 0.1) is 5.82 Å². The van der Waals surface area contributed by atoms with Gasteiger partial charge in [-0.25, -0.2) is 4.39 Å². The number of benzene rings is 1. The molecule has 0 amide bonds. The van der Waals surface area contributed by atoms with Crippen LogP contribution >= 0.6 is 0 Å². The van der Waals surface area contributed by atoms with E-state index in [-0.39, 0.29) is 11.9 Å². The topological polar surface area (TPSA) is 24.5 Å². The highest BCUT2D eigenvalue weighted by molar-refractivity contribution is 5.59. The number of hydrogen-bond acceptors (Lipinski definition) is 3. The van der Waals surface area contributed by atoms with E-state index in [9.17, 15) is 4.39 Å². The van der Waals surface area contributed by atoms with E-state index >= 15 is 0 Å². The minimum absolute atomic E-state index is 0.201. The number of nitrogens with zero attached hydrogens (tertiary/aromatic N) is 1. The minimum atomic E-state index is -0.203. The van der Waals surface area contributed by atoms with Gasteiger partial charge in [-0.1, -0.05) is 13.8 Å². The quantitative estimate of drug-likeness (QED) is 0.887. The van der Waals surface area contributed by atoms with Crippen LogP contribution in [-0.4, -0.2) is 32.3 Å². The first-order valence-electron chi connectivity index (χ1n) is 7.16. The zero-order chi connectivity index (χ0) is 13.7. The van der Waals surface area contributed by atoms with E-state index in [1.54, 1.807) is 12.1 Å². The molecular weight excluding hydrogens is 243 g/mol. The number of rotatable bonds is 5. The van der Waals surface area contributed by atoms with Crippen molar-refractivity contribution in [3.63, 3.8) is 0 Å². The molecule has 0 aromatic heterocycles. The van der Waals surface area contributed by atoms with E-state index in [0.717, 1.165) is 50.5 Å². The maximum Gasteiger partial charge on any atom is 0.143 e. The standard InChI is InChI=1S/C15H23FN2O/c1-3-13(4-2)19-15-6-5-12(16)11-14(15)18-9-7-17-8-10-18/h5-6,11,13,17H,3-4,7-10H2,1-2H3. The fourth-order valence-electron chi connectivity index (χ4n) is 2.38. The largest absolute Gasteiger partial charge is 0.488 e. The van der Waals surface area contributed by atoms with Crippen LogP contribution in [0.25, 0.3) is 0 Å². The van der Waals surface area contributed by atoms with Crippen molar-refractivity contribution in [2.75, 3.05) is 31.1 Å². The molecule has 1 aliphatic rings. The highest BCUT2D eigenvalue weighted by Gasteiger charge is 2.17. The lowest BCUT2D eigenvalue weighted by Crippen LogP contribution is -2.43. The van der Waals surface area contributed by atoms with E-state index in [1.807, 2.05) is 0 Å². The lowest BCUT2D eigenvalue weighted by atomic mass is 10.2. The fourth-order valence-corrected chi connectivity index (χ4v) is 2.38.